The van der Waals surface area contributed by atoms with E-state index in [0.717, 1.165) is 25.7 Å². The fourth-order valence-corrected chi connectivity index (χ4v) is 7.08. The van der Waals surface area contributed by atoms with Gasteiger partial charge in [0.2, 0.25) is 5.91 Å². The quantitative estimate of drug-likeness (QED) is 0.0525. The lowest BCUT2D eigenvalue weighted by Crippen LogP contribution is -2.50. The van der Waals surface area contributed by atoms with Crippen molar-refractivity contribution in [3.8, 4) is 0 Å². The van der Waals surface area contributed by atoms with Crippen molar-refractivity contribution < 1.29 is 47.9 Å². The molecule has 91 heavy (non-hydrogen) atoms. The van der Waals surface area contributed by atoms with E-state index in [4.69, 9.17) is 40.1 Å². The fourth-order valence-electron chi connectivity index (χ4n) is 7.08. The van der Waals surface area contributed by atoms with Crippen molar-refractivity contribution in [2.75, 3.05) is 19.6 Å². The molecule has 0 radical (unpaired) electrons. The summed E-state index contributed by atoms with van der Waals surface area (Å²) in [5.41, 5.74) is 36.6. The summed E-state index contributed by atoms with van der Waals surface area (Å²) in [6.45, 7) is 45.7. The van der Waals surface area contributed by atoms with Gasteiger partial charge in [-0.05, 0) is 65.3 Å². The summed E-state index contributed by atoms with van der Waals surface area (Å²) >= 11 is 0. The van der Waals surface area contributed by atoms with E-state index >= 15 is 0 Å². The highest BCUT2D eigenvalue weighted by Crippen LogP contribution is 2.28. The minimum Gasteiger partial charge on any atom is -0.331 e. The molecule has 7 atom stereocenters. The predicted molar refractivity (Wildman–Crippen MR) is 429 cm³/mol. The Morgan fingerprint density at radius 1 is 0.451 bits per heavy atom. The lowest BCUT2D eigenvalue weighted by molar-refractivity contribution is -0.141. The third-order valence-electron chi connectivity index (χ3n) is 12.7. The molecular formula is C66H154N8O10S7. The van der Waals surface area contributed by atoms with Crippen LogP contribution in [0.25, 0.3) is 0 Å². The summed E-state index contributed by atoms with van der Waals surface area (Å²) in [5, 5.41) is 0. The van der Waals surface area contributed by atoms with Crippen LogP contribution in [0.2, 0.25) is 0 Å². The van der Waals surface area contributed by atoms with E-state index in [1.54, 1.807) is 25.7 Å². The molecule has 0 unspecified atom stereocenters. The normalized spacial score (nSPS) is 13.9. The van der Waals surface area contributed by atoms with Crippen LogP contribution < -0.4 is 40.1 Å². The Hall–Kier alpha value is -1.33. The van der Waals surface area contributed by atoms with Crippen molar-refractivity contribution in [2.45, 2.75) is 304 Å². The second-order valence-electron chi connectivity index (χ2n) is 27.8. The first-order chi connectivity index (χ1) is 35.2. The summed E-state index contributed by atoms with van der Waals surface area (Å²) in [4.78, 5) is 117. The summed E-state index contributed by atoms with van der Waals surface area (Å²) in [5.74, 6) is 0.455. The van der Waals surface area contributed by atoms with Gasteiger partial charge < -0.3 is 49.8 Å². The molecule has 0 aromatic carbocycles. The minimum absolute atomic E-state index is 0. The number of hydrogen-bond acceptors (Lipinski definition) is 17. The number of nitrogens with two attached hydrogens (primary N) is 7. The molecule has 25 heteroatoms. The molecule has 1 amide bonds. The average Bonchev–Trinajstić information content (AvgIpc) is 3.79. The summed E-state index contributed by atoms with van der Waals surface area (Å²) in [7, 11) is 0. The number of likely N-dealkylation sites (tertiary alicyclic amines) is 1. The maximum absolute atomic E-state index is 12.4. The van der Waals surface area contributed by atoms with Gasteiger partial charge in [0.25, 0.3) is 0 Å². The van der Waals surface area contributed by atoms with Crippen LogP contribution in [0.1, 0.15) is 268 Å². The number of rotatable bonds is 21. The zero-order valence-electron chi connectivity index (χ0n) is 57.9. The third kappa shape index (κ3) is 64.4. The van der Waals surface area contributed by atoms with Gasteiger partial charge in [0.15, 0.2) is 23.1 Å². The molecule has 18 nitrogen and oxygen atoms in total. The molecule has 1 rings (SSSR count). The van der Waals surface area contributed by atoms with E-state index < -0.39 is 29.0 Å². The van der Waals surface area contributed by atoms with Crippen LogP contribution in [-0.2, 0) is 47.9 Å². The molecule has 560 valence electrons. The second-order valence-corrected chi connectivity index (χ2v) is 27.8. The Balaban J connectivity index is -0.0000000480. The first-order valence-electron chi connectivity index (χ1n) is 28.5. The van der Waals surface area contributed by atoms with Gasteiger partial charge in [-0.1, -0.05) is 189 Å². The van der Waals surface area contributed by atoms with Crippen molar-refractivity contribution in [1.82, 2.24) is 4.90 Å². The average molecular weight is 1440 g/mol. The maximum atomic E-state index is 12.4. The van der Waals surface area contributed by atoms with E-state index in [2.05, 4.69) is 0 Å². The standard InChI is InChI=1S/C15H29N3O2.C13H23NO3.C11H21NO2.C9H19NO.C7H15NO.C6H13NO.5CH4.7H2S/c1-15(2,3)13(19)12-8-6-10-18(12)14(20)11(17)7-4-5-9-16;1-9(15)5-6-10(14)11(16)7-8-12(17)13(2,3)4;1-7(6-9(13)8(2)12)10(14)11(3,4)5;1-6(2)7(10)8(11)9(3,4)5;1-5(8)6(9)7(2,3)4;1-6(2,3)5(8)4-7;;;;;;;;;;;;/h11-12H,4-10,16-17H2,1-3H3;10H,5-8,14H2,1-4H3;7-8H,6,12H2,1-5H3;6-7H,10H2,1-5H3;5H,8H2,1-4H3;4,7H2,1-3H3;5*1H4;7*1H2/t11-,12-;10-;7-,8+;7-;5-;;;;;;;;;;;;;/m00100............./s1. The number of amides is 1. The highest BCUT2D eigenvalue weighted by molar-refractivity contribution is 7.60. The van der Waals surface area contributed by atoms with Gasteiger partial charge in [0.1, 0.15) is 28.9 Å². The largest absolute Gasteiger partial charge is 0.331 e. The lowest BCUT2D eigenvalue weighted by atomic mass is 9.81. The number of unbranched alkanes of at least 4 members (excludes halogenated alkanes) is 1. The maximum Gasteiger partial charge on any atom is 0.240 e. The molecule has 0 aromatic rings. The van der Waals surface area contributed by atoms with Crippen LogP contribution in [0, 0.1) is 44.3 Å². The molecule has 1 aliphatic heterocycles. The van der Waals surface area contributed by atoms with E-state index in [9.17, 15) is 47.9 Å². The van der Waals surface area contributed by atoms with Gasteiger partial charge >= 0.3 is 0 Å². The van der Waals surface area contributed by atoms with Crippen LogP contribution in [0.3, 0.4) is 0 Å². The van der Waals surface area contributed by atoms with Gasteiger partial charge in [0.05, 0.1) is 42.8 Å². The minimum atomic E-state index is -0.619. The van der Waals surface area contributed by atoms with E-state index in [-0.39, 0.29) is 267 Å². The monoisotopic (exact) mass is 1440 g/mol. The summed E-state index contributed by atoms with van der Waals surface area (Å²) in [6.07, 6.45) is 5.38. The van der Waals surface area contributed by atoms with Crippen molar-refractivity contribution in [1.29, 1.82) is 0 Å². The molecular weight excluding hydrogens is 1290 g/mol. The van der Waals surface area contributed by atoms with Gasteiger partial charge in [-0.25, -0.2) is 0 Å². The van der Waals surface area contributed by atoms with Crippen molar-refractivity contribution >= 4 is 152 Å². The molecule has 14 N–H and O–H groups in total. The summed E-state index contributed by atoms with van der Waals surface area (Å²) in [6, 6.07) is -2.52. The molecule has 1 aliphatic rings. The Bertz CT molecular complexity index is 1940. The number of carbonyl (C=O) groups excluding carboxylic acids is 10. The first kappa shape index (κ1) is 134. The molecule has 0 spiro atoms. The zero-order valence-corrected chi connectivity index (χ0v) is 64.9. The van der Waals surface area contributed by atoms with E-state index in [0.29, 0.717) is 32.4 Å². The Morgan fingerprint density at radius 3 is 1.09 bits per heavy atom. The smallest absolute Gasteiger partial charge is 0.240 e. The molecule has 0 bridgehead atoms. The Kier molecular flexibility index (Phi) is 91.3. The van der Waals surface area contributed by atoms with Gasteiger partial charge in [0, 0.05) is 70.6 Å². The lowest BCUT2D eigenvalue weighted by Gasteiger charge is -2.30. The van der Waals surface area contributed by atoms with Gasteiger partial charge in [-0.3, -0.25) is 43.2 Å². The fraction of sp³-hybridized carbons (Fsp3) is 0.848. The van der Waals surface area contributed by atoms with Crippen molar-refractivity contribution in [2.24, 2.45) is 84.5 Å². The summed E-state index contributed by atoms with van der Waals surface area (Å²) < 4.78 is 0. The molecule has 1 heterocycles. The number of Topliss-reactive ketones (excluding diaryl/α,β-unsaturated/α-hetero) is 9. The first-order valence-corrected chi connectivity index (χ1v) is 28.5. The van der Waals surface area contributed by atoms with Crippen molar-refractivity contribution in [3.05, 3.63) is 0 Å². The Morgan fingerprint density at radius 2 is 0.835 bits per heavy atom. The van der Waals surface area contributed by atoms with Crippen LogP contribution in [0.5, 0.6) is 0 Å². The third-order valence-corrected chi connectivity index (χ3v) is 12.7. The Labute approximate surface area is 609 Å². The predicted octanol–water partition coefficient (Wildman–Crippen LogP) is 11.3. The molecule has 0 aliphatic carbocycles. The van der Waals surface area contributed by atoms with Crippen LogP contribution in [0.4, 0.5) is 0 Å². The second kappa shape index (κ2) is 62.2. The molecule has 0 aromatic heterocycles. The highest BCUT2D eigenvalue weighted by atomic mass is 32.1. The zero-order chi connectivity index (χ0) is 64.2. The van der Waals surface area contributed by atoms with Gasteiger partial charge in [-0.2, -0.15) is 94.5 Å². The van der Waals surface area contributed by atoms with Gasteiger partial charge in [-0.15, -0.1) is 0 Å². The molecule has 0 saturated carbocycles. The van der Waals surface area contributed by atoms with Crippen LogP contribution >= 0.6 is 94.5 Å². The van der Waals surface area contributed by atoms with E-state index in [1.165, 1.54) is 6.92 Å². The van der Waals surface area contributed by atoms with Crippen molar-refractivity contribution in [3.63, 3.8) is 0 Å². The van der Waals surface area contributed by atoms with E-state index in [1.807, 2.05) is 138 Å². The number of carbonyl (C=O) groups is 10. The SMILES string of the molecule is C.C.C.C.C.CC(=O)CC[C@H](N)C(=O)CCC(=O)C(C)(C)C.CC(C)(C)C(=O)CN.CC(C)(C)C(=O)[C@@H]1CCCN1C(=O)[C@@H](N)CCCCN.CC(C)[C@H](N)C(=O)C(C)(C)C.C[C@H](N)C(=O)C(C)(C)C.C[C@H](N)C(=O)C[C@@H](C)C(=O)C(C)(C)C.S.S.S.S.S.S.S. The molecule has 1 saturated heterocycles. The topological polar surface area (TPSA) is 356 Å². The van der Waals surface area contributed by atoms with Crippen LogP contribution in [-0.4, -0.2) is 119 Å². The number of nitrogens with zero attached hydrogens (tertiary/aromatic N) is 1. The number of ketones is 9. The van der Waals surface area contributed by atoms with Crippen LogP contribution in [0.15, 0.2) is 0 Å². The number of hydrogen-bond donors (Lipinski definition) is 7. The molecule has 1 fully saturated rings. The highest BCUT2D eigenvalue weighted by Gasteiger charge is 2.40.